The van der Waals surface area contributed by atoms with Crippen LogP contribution in [0.5, 0.6) is 0 Å². The van der Waals surface area contributed by atoms with Crippen molar-refractivity contribution in [1.29, 1.82) is 0 Å². The summed E-state index contributed by atoms with van der Waals surface area (Å²) in [4.78, 5) is 20.9. The summed E-state index contributed by atoms with van der Waals surface area (Å²) in [6, 6.07) is 0. The summed E-state index contributed by atoms with van der Waals surface area (Å²) >= 11 is 0. The lowest BCUT2D eigenvalue weighted by atomic mass is 9.98. The average molecular weight is 324 g/mol. The molecule has 2 atom stereocenters. The van der Waals surface area contributed by atoms with Gasteiger partial charge in [0.05, 0.1) is 9.85 Å². The lowest BCUT2D eigenvalue weighted by Gasteiger charge is -2.38. The van der Waals surface area contributed by atoms with Gasteiger partial charge in [0.25, 0.3) is 0 Å². The van der Waals surface area contributed by atoms with Gasteiger partial charge >= 0.3 is 11.4 Å². The van der Waals surface area contributed by atoms with Crippen LogP contribution in [0, 0.1) is 20.2 Å². The average Bonchev–Trinajstić information content (AvgIpc) is 3.10. The molecule has 0 amide bonds. The zero-order chi connectivity index (χ0) is 17.2. The van der Waals surface area contributed by atoms with Crippen molar-refractivity contribution in [2.75, 3.05) is 0 Å². The van der Waals surface area contributed by atoms with Gasteiger partial charge in [0.15, 0.2) is 11.4 Å². The first kappa shape index (κ1) is 15.1. The maximum Gasteiger partial charge on any atom is 0.315 e. The van der Waals surface area contributed by atoms with E-state index in [0.717, 1.165) is 21.8 Å². The fourth-order valence-electron chi connectivity index (χ4n) is 2.89. The Balaban J connectivity index is 2.43. The minimum Gasteiger partial charge on any atom is -0.364 e. The Labute approximate surface area is 127 Å². The van der Waals surface area contributed by atoms with Gasteiger partial charge in [-0.05, 0) is 6.92 Å². The van der Waals surface area contributed by atoms with Crippen molar-refractivity contribution in [1.82, 2.24) is 19.6 Å². The molecule has 0 unspecified atom stereocenters. The van der Waals surface area contributed by atoms with Gasteiger partial charge in [-0.15, -0.1) is 0 Å². The summed E-state index contributed by atoms with van der Waals surface area (Å²) in [5.74, 6) is 0. The minimum atomic E-state index is -2.09. The number of hydrogen-bond donors (Lipinski definition) is 2. The fourth-order valence-corrected chi connectivity index (χ4v) is 2.89. The topological polar surface area (TPSA) is 162 Å². The Morgan fingerprint density at radius 3 is 2.04 bits per heavy atom. The Bertz CT molecular complexity index is 838. The van der Waals surface area contributed by atoms with Crippen LogP contribution in [-0.4, -0.2) is 39.6 Å². The van der Waals surface area contributed by atoms with Crippen LogP contribution in [0.25, 0.3) is 0 Å². The number of aliphatic hydroxyl groups is 2. The molecule has 1 aliphatic heterocycles. The highest BCUT2D eigenvalue weighted by Crippen LogP contribution is 2.45. The number of rotatable bonds is 3. The molecular formula is C11H12N6O6. The summed E-state index contributed by atoms with van der Waals surface area (Å²) < 4.78 is 1.66. The normalized spacial score (nSPS) is 25.7. The fraction of sp³-hybridized carbons (Fsp3) is 0.455. The van der Waals surface area contributed by atoms with Crippen LogP contribution in [0.1, 0.15) is 31.7 Å². The predicted octanol–water partition coefficient (Wildman–Crippen LogP) is 0.0261. The van der Waals surface area contributed by atoms with Gasteiger partial charge in [-0.1, -0.05) is 6.92 Å². The Hall–Kier alpha value is -2.86. The van der Waals surface area contributed by atoms with E-state index < -0.39 is 32.7 Å². The summed E-state index contributed by atoms with van der Waals surface area (Å²) in [7, 11) is 0. The Kier molecular flexibility index (Phi) is 2.83. The van der Waals surface area contributed by atoms with Crippen LogP contribution in [0.4, 0.5) is 11.4 Å². The van der Waals surface area contributed by atoms with E-state index >= 15 is 0 Å². The van der Waals surface area contributed by atoms with E-state index in [1.807, 2.05) is 0 Å². The van der Waals surface area contributed by atoms with E-state index in [1.54, 1.807) is 0 Å². The third kappa shape index (κ3) is 1.66. The molecule has 12 heteroatoms. The van der Waals surface area contributed by atoms with Gasteiger partial charge in [-0.3, -0.25) is 20.2 Å². The second kappa shape index (κ2) is 4.33. The van der Waals surface area contributed by atoms with Gasteiger partial charge in [-0.25, -0.2) is 9.36 Å². The van der Waals surface area contributed by atoms with E-state index in [2.05, 4.69) is 10.2 Å². The van der Waals surface area contributed by atoms with Gasteiger partial charge in [0.2, 0.25) is 11.4 Å². The molecule has 122 valence electrons. The van der Waals surface area contributed by atoms with Gasteiger partial charge in [-0.2, -0.15) is 10.2 Å². The predicted molar refractivity (Wildman–Crippen MR) is 72.3 cm³/mol. The molecule has 0 aliphatic carbocycles. The molecule has 0 radical (unpaired) electrons. The molecule has 3 heterocycles. The second-order valence-corrected chi connectivity index (χ2v) is 5.29. The third-order valence-corrected chi connectivity index (χ3v) is 3.98. The summed E-state index contributed by atoms with van der Waals surface area (Å²) in [5, 5.41) is 51.5. The quantitative estimate of drug-likeness (QED) is 0.589. The summed E-state index contributed by atoms with van der Waals surface area (Å²) in [5.41, 5.74) is -5.78. The van der Waals surface area contributed by atoms with Crippen molar-refractivity contribution in [3.8, 4) is 0 Å². The number of nitrogens with zero attached hydrogens (tertiary/aromatic N) is 6. The zero-order valence-electron chi connectivity index (χ0n) is 12.1. The van der Waals surface area contributed by atoms with Gasteiger partial charge in [0.1, 0.15) is 12.4 Å². The molecule has 0 bridgehead atoms. The maximum absolute atomic E-state index is 11.2. The van der Waals surface area contributed by atoms with Crippen molar-refractivity contribution in [2.24, 2.45) is 0 Å². The molecule has 0 spiro atoms. The smallest absolute Gasteiger partial charge is 0.315 e. The highest BCUT2D eigenvalue weighted by Gasteiger charge is 2.55. The molecule has 0 aromatic carbocycles. The summed E-state index contributed by atoms with van der Waals surface area (Å²) in [6.45, 7) is 2.71. The van der Waals surface area contributed by atoms with Crippen LogP contribution >= 0.6 is 0 Å². The molecule has 0 fully saturated rings. The van der Waals surface area contributed by atoms with Crippen molar-refractivity contribution >= 4 is 11.4 Å². The van der Waals surface area contributed by atoms with E-state index in [0.29, 0.717) is 0 Å². The lowest BCUT2D eigenvalue weighted by Crippen LogP contribution is -2.51. The van der Waals surface area contributed by atoms with Crippen LogP contribution in [0.15, 0.2) is 12.4 Å². The SMILES string of the molecule is CC[C@]1(O)c2c([N+](=O)[O-])cnn2[C@](C)(O)c2c([N+](=O)[O-])cnn21. The van der Waals surface area contributed by atoms with Crippen molar-refractivity contribution in [3.05, 3.63) is 44.0 Å². The first-order valence-electron chi connectivity index (χ1n) is 6.57. The molecule has 23 heavy (non-hydrogen) atoms. The number of hydrogen-bond acceptors (Lipinski definition) is 8. The van der Waals surface area contributed by atoms with Crippen LogP contribution in [-0.2, 0) is 11.4 Å². The van der Waals surface area contributed by atoms with E-state index in [9.17, 15) is 30.4 Å². The molecule has 0 saturated heterocycles. The van der Waals surface area contributed by atoms with E-state index in [4.69, 9.17) is 0 Å². The van der Waals surface area contributed by atoms with Crippen molar-refractivity contribution in [3.63, 3.8) is 0 Å². The molecule has 2 N–H and O–H groups in total. The monoisotopic (exact) mass is 324 g/mol. The molecular weight excluding hydrogens is 312 g/mol. The van der Waals surface area contributed by atoms with Gasteiger partial charge < -0.3 is 10.2 Å². The Morgan fingerprint density at radius 1 is 1.09 bits per heavy atom. The minimum absolute atomic E-state index is 0.0819. The zero-order valence-corrected chi connectivity index (χ0v) is 12.1. The number of fused-ring (bicyclic) bond motifs is 2. The highest BCUT2D eigenvalue weighted by atomic mass is 16.6. The van der Waals surface area contributed by atoms with E-state index in [-0.39, 0.29) is 17.8 Å². The van der Waals surface area contributed by atoms with Gasteiger partial charge in [0, 0.05) is 6.42 Å². The first-order chi connectivity index (χ1) is 10.7. The first-order valence-corrected chi connectivity index (χ1v) is 6.57. The number of nitro groups is 2. The molecule has 3 rings (SSSR count). The molecule has 2 aromatic rings. The largest absolute Gasteiger partial charge is 0.364 e. The third-order valence-electron chi connectivity index (χ3n) is 3.98. The van der Waals surface area contributed by atoms with Crippen LogP contribution in [0.3, 0.4) is 0 Å². The molecule has 1 aliphatic rings. The van der Waals surface area contributed by atoms with Crippen LogP contribution in [0.2, 0.25) is 0 Å². The second-order valence-electron chi connectivity index (χ2n) is 5.29. The lowest BCUT2D eigenvalue weighted by molar-refractivity contribution is -0.389. The maximum atomic E-state index is 11.2. The summed E-state index contributed by atoms with van der Waals surface area (Å²) in [6.07, 6.45) is 1.67. The van der Waals surface area contributed by atoms with E-state index in [1.165, 1.54) is 13.8 Å². The molecule has 12 nitrogen and oxygen atoms in total. The Morgan fingerprint density at radius 2 is 1.57 bits per heavy atom. The molecule has 0 saturated carbocycles. The highest BCUT2D eigenvalue weighted by molar-refractivity contribution is 5.47. The van der Waals surface area contributed by atoms with Crippen molar-refractivity contribution < 1.29 is 20.1 Å². The molecule has 2 aromatic heterocycles. The standard InChI is InChI=1S/C11H12N6O6/c1-3-11(19)9-7(17(22)23)5-12-14(9)10(2,18)8-6(16(20)21)4-13-15(8)11/h4-5,18-19H,3H2,1-2H3/t10-,11+/m1/s1. The van der Waals surface area contributed by atoms with Crippen molar-refractivity contribution in [2.45, 2.75) is 31.7 Å². The van der Waals surface area contributed by atoms with Crippen LogP contribution < -0.4 is 0 Å². The number of aromatic nitrogens is 4.